The van der Waals surface area contributed by atoms with Crippen LogP contribution in [0.1, 0.15) is 15.9 Å². The van der Waals surface area contributed by atoms with Crippen molar-refractivity contribution in [3.05, 3.63) is 102 Å². The number of nitrogens with one attached hydrogen (secondary N) is 1. The van der Waals surface area contributed by atoms with Crippen molar-refractivity contribution in [2.45, 2.75) is 11.4 Å². The van der Waals surface area contributed by atoms with E-state index in [-0.39, 0.29) is 22.7 Å². The number of sulfonamides is 1. The molecule has 3 aromatic heterocycles. The van der Waals surface area contributed by atoms with Crippen LogP contribution in [0.15, 0.2) is 95.6 Å². The first-order valence-electron chi connectivity index (χ1n) is 11.4. The molecule has 2 aromatic carbocycles. The van der Waals surface area contributed by atoms with E-state index in [9.17, 15) is 18.4 Å². The second-order valence-corrected chi connectivity index (χ2v) is 11.0. The minimum Gasteiger partial charge on any atom is -0.497 e. The Morgan fingerprint density at radius 1 is 1.05 bits per heavy atom. The third-order valence-electron chi connectivity index (χ3n) is 5.95. The zero-order valence-corrected chi connectivity index (χ0v) is 21.7. The molecule has 5 aromatic rings. The van der Waals surface area contributed by atoms with Crippen LogP contribution in [0.25, 0.3) is 21.3 Å². The molecular weight excluding hydrogens is 524 g/mol. The normalized spacial score (nSPS) is 11.3. The lowest BCUT2D eigenvalue weighted by Gasteiger charge is -2.28. The van der Waals surface area contributed by atoms with Crippen molar-refractivity contribution >= 4 is 43.9 Å². The van der Waals surface area contributed by atoms with Crippen LogP contribution < -0.4 is 14.5 Å². The summed E-state index contributed by atoms with van der Waals surface area (Å²) >= 11 is 1.52. The Bertz CT molecular complexity index is 1690. The smallest absolute Gasteiger partial charge is 0.278 e. The van der Waals surface area contributed by atoms with E-state index in [1.807, 2.05) is 23.6 Å². The maximum atomic E-state index is 14.2. The highest BCUT2D eigenvalue weighted by molar-refractivity contribution is 7.92. The number of nitrogens with zero attached hydrogens (tertiary/aromatic N) is 3. The van der Waals surface area contributed by atoms with Gasteiger partial charge in [0.1, 0.15) is 5.75 Å². The van der Waals surface area contributed by atoms with Gasteiger partial charge in [0.25, 0.3) is 15.9 Å². The van der Waals surface area contributed by atoms with E-state index in [2.05, 4.69) is 9.97 Å². The molecule has 11 heteroatoms. The van der Waals surface area contributed by atoms with Crippen molar-refractivity contribution in [2.24, 2.45) is 0 Å². The maximum Gasteiger partial charge on any atom is 0.278 e. The summed E-state index contributed by atoms with van der Waals surface area (Å²) in [5.74, 6) is -0.393. The number of carbonyl (C=O) groups excluding carboxylic acids is 1. The Morgan fingerprint density at radius 3 is 2.53 bits per heavy atom. The highest BCUT2D eigenvalue weighted by Crippen LogP contribution is 2.39. The van der Waals surface area contributed by atoms with Gasteiger partial charge >= 0.3 is 0 Å². The molecule has 38 heavy (non-hydrogen) atoms. The summed E-state index contributed by atoms with van der Waals surface area (Å²) in [6.45, 7) is -0.129. The summed E-state index contributed by atoms with van der Waals surface area (Å²) in [5, 5.41) is 11.9. The van der Waals surface area contributed by atoms with Gasteiger partial charge in [-0.15, -0.1) is 11.3 Å². The number of hydrogen-bond acceptors (Lipinski definition) is 8. The standard InChI is InChI=1S/C27H22N4O5S2/c1-36-19-9-11-20(12-10-19)38(34,35)31(17-18-5-3-13-28-15-18)26-22-7-2-6-21(24-8-4-14-37-24)25(22)29-16-23(26)27(32)30-33/h2-16,33H,17H2,1H3,(H,30,32). The fourth-order valence-electron chi connectivity index (χ4n) is 4.15. The van der Waals surface area contributed by atoms with Crippen molar-refractivity contribution in [3.63, 3.8) is 0 Å². The Labute approximate surface area is 223 Å². The van der Waals surface area contributed by atoms with E-state index < -0.39 is 15.9 Å². The van der Waals surface area contributed by atoms with Crippen LogP contribution in [-0.4, -0.2) is 36.6 Å². The third-order valence-corrected chi connectivity index (χ3v) is 8.61. The second-order valence-electron chi connectivity index (χ2n) is 8.19. The number of hydroxylamine groups is 1. The number of pyridine rings is 2. The van der Waals surface area contributed by atoms with E-state index in [0.29, 0.717) is 22.2 Å². The average molecular weight is 547 g/mol. The van der Waals surface area contributed by atoms with Gasteiger partial charge in [0.15, 0.2) is 0 Å². The molecule has 0 atom stereocenters. The number of hydrogen-bond donors (Lipinski definition) is 2. The first-order valence-corrected chi connectivity index (χ1v) is 13.7. The average Bonchev–Trinajstić information content (AvgIpc) is 3.50. The SMILES string of the molecule is COc1ccc(S(=O)(=O)N(Cc2cccnc2)c2c(C(=O)NO)cnc3c(-c4cccs4)cccc23)cc1. The predicted octanol–water partition coefficient (Wildman–Crippen LogP) is 4.88. The summed E-state index contributed by atoms with van der Waals surface area (Å²) < 4.78 is 34.8. The first-order chi connectivity index (χ1) is 18.4. The number of carbonyl (C=O) groups is 1. The molecule has 0 saturated heterocycles. The molecule has 5 rings (SSSR count). The van der Waals surface area contributed by atoms with E-state index in [4.69, 9.17) is 4.74 Å². The van der Waals surface area contributed by atoms with Crippen molar-refractivity contribution in [1.29, 1.82) is 0 Å². The van der Waals surface area contributed by atoms with Gasteiger partial charge in [-0.3, -0.25) is 24.3 Å². The fourth-order valence-corrected chi connectivity index (χ4v) is 6.39. The highest BCUT2D eigenvalue weighted by Gasteiger charge is 2.31. The molecule has 0 fully saturated rings. The van der Waals surface area contributed by atoms with Crippen LogP contribution in [-0.2, 0) is 16.6 Å². The number of aromatic nitrogens is 2. The van der Waals surface area contributed by atoms with Gasteiger partial charge in [-0.1, -0.05) is 30.3 Å². The van der Waals surface area contributed by atoms with Gasteiger partial charge in [0.05, 0.1) is 35.3 Å². The van der Waals surface area contributed by atoms with Crippen molar-refractivity contribution in [2.75, 3.05) is 11.4 Å². The monoisotopic (exact) mass is 546 g/mol. The highest BCUT2D eigenvalue weighted by atomic mass is 32.2. The van der Waals surface area contributed by atoms with Crippen LogP contribution in [0.3, 0.4) is 0 Å². The molecule has 0 aliphatic heterocycles. The molecule has 0 radical (unpaired) electrons. The largest absolute Gasteiger partial charge is 0.497 e. The van der Waals surface area contributed by atoms with Crippen LogP contribution >= 0.6 is 11.3 Å². The lowest BCUT2D eigenvalue weighted by atomic mass is 10.0. The van der Waals surface area contributed by atoms with Crippen molar-refractivity contribution in [3.8, 4) is 16.2 Å². The molecule has 0 aliphatic carbocycles. The number of anilines is 1. The lowest BCUT2D eigenvalue weighted by Crippen LogP contribution is -2.33. The minimum absolute atomic E-state index is 0.00285. The molecule has 0 spiro atoms. The first kappa shape index (κ1) is 25.3. The predicted molar refractivity (Wildman–Crippen MR) is 145 cm³/mol. The van der Waals surface area contributed by atoms with E-state index >= 15 is 0 Å². The molecule has 192 valence electrons. The van der Waals surface area contributed by atoms with Crippen molar-refractivity contribution in [1.82, 2.24) is 15.4 Å². The topological polar surface area (TPSA) is 122 Å². The Hall–Kier alpha value is -4.32. The minimum atomic E-state index is -4.24. The molecule has 2 N–H and O–H groups in total. The van der Waals surface area contributed by atoms with Gasteiger partial charge < -0.3 is 4.74 Å². The van der Waals surface area contributed by atoms with Gasteiger partial charge in [-0.05, 0) is 47.3 Å². The van der Waals surface area contributed by atoms with E-state index in [0.717, 1.165) is 14.7 Å². The molecule has 0 bridgehead atoms. The fraction of sp³-hybridized carbons (Fsp3) is 0.0741. The zero-order valence-electron chi connectivity index (χ0n) is 20.1. The lowest BCUT2D eigenvalue weighted by molar-refractivity contribution is 0.0707. The number of amides is 1. The van der Waals surface area contributed by atoms with E-state index in [1.165, 1.54) is 36.8 Å². The molecule has 1 amide bonds. The number of ether oxygens (including phenoxy) is 1. The molecule has 0 unspecified atom stereocenters. The Balaban J connectivity index is 1.81. The molecule has 9 nitrogen and oxygen atoms in total. The summed E-state index contributed by atoms with van der Waals surface area (Å²) in [6.07, 6.45) is 4.43. The quantitative estimate of drug-likeness (QED) is 0.210. The van der Waals surface area contributed by atoms with Crippen LogP contribution in [0.2, 0.25) is 0 Å². The van der Waals surface area contributed by atoms with Gasteiger partial charge in [-0.2, -0.15) is 0 Å². The Morgan fingerprint density at radius 2 is 1.87 bits per heavy atom. The van der Waals surface area contributed by atoms with Crippen LogP contribution in [0.4, 0.5) is 5.69 Å². The molecule has 3 heterocycles. The summed E-state index contributed by atoms with van der Waals surface area (Å²) in [4.78, 5) is 22.4. The number of para-hydroxylation sites is 1. The third kappa shape index (κ3) is 4.70. The molecular formula is C27H22N4O5S2. The van der Waals surface area contributed by atoms with Gasteiger partial charge in [0, 0.05) is 34.4 Å². The number of methoxy groups -OCH3 is 1. The van der Waals surface area contributed by atoms with Crippen LogP contribution in [0, 0.1) is 0 Å². The molecule has 0 aliphatic rings. The Kier molecular flexibility index (Phi) is 7.05. The molecule has 0 saturated carbocycles. The summed E-state index contributed by atoms with van der Waals surface area (Å²) in [7, 11) is -2.74. The van der Waals surface area contributed by atoms with Crippen molar-refractivity contribution < 1.29 is 23.2 Å². The second kappa shape index (κ2) is 10.6. The van der Waals surface area contributed by atoms with Crippen LogP contribution in [0.5, 0.6) is 5.75 Å². The number of fused-ring (bicyclic) bond motifs is 1. The summed E-state index contributed by atoms with van der Waals surface area (Å²) in [5.41, 5.74) is 3.50. The number of benzene rings is 2. The number of rotatable bonds is 8. The van der Waals surface area contributed by atoms with E-state index in [1.54, 1.807) is 54.3 Å². The van der Waals surface area contributed by atoms with Gasteiger partial charge in [0.2, 0.25) is 0 Å². The zero-order chi connectivity index (χ0) is 26.7. The maximum absolute atomic E-state index is 14.2. The summed E-state index contributed by atoms with van der Waals surface area (Å²) in [6, 6.07) is 18.7. The van der Waals surface area contributed by atoms with Gasteiger partial charge in [-0.25, -0.2) is 13.9 Å². The number of thiophene rings is 1.